The van der Waals surface area contributed by atoms with Gasteiger partial charge in [-0.3, -0.25) is 0 Å². The molecule has 0 spiro atoms. The molecule has 0 heterocycles. The van der Waals surface area contributed by atoms with Crippen molar-refractivity contribution in [2.45, 2.75) is 38.0 Å². The summed E-state index contributed by atoms with van der Waals surface area (Å²) in [6.07, 6.45) is -2.84. The summed E-state index contributed by atoms with van der Waals surface area (Å²) < 4.78 is 91.6. The molecule has 0 amide bonds. The summed E-state index contributed by atoms with van der Waals surface area (Å²) >= 11 is 0. The Morgan fingerprint density at radius 3 is 1.64 bits per heavy atom. The maximum atomic E-state index is 12.6. The Kier molecular flexibility index (Phi) is 15.2. The van der Waals surface area contributed by atoms with Crippen LogP contribution in [0.25, 0.3) is 0 Å². The maximum Gasteiger partial charge on any atom is 0.416 e. The molecule has 0 aliphatic rings. The van der Waals surface area contributed by atoms with Gasteiger partial charge >= 0.3 is 24.3 Å². The Labute approximate surface area is 219 Å². The molecule has 0 unspecified atom stereocenters. The Morgan fingerprint density at radius 1 is 0.769 bits per heavy atom. The molecule has 0 radical (unpaired) electrons. The lowest BCUT2D eigenvalue weighted by molar-refractivity contribution is -0.138. The minimum Gasteiger partial charge on any atom is -0.494 e. The second-order valence-corrected chi connectivity index (χ2v) is 7.51. The first kappa shape index (κ1) is 35.1. The zero-order valence-electron chi connectivity index (χ0n) is 20.5. The quantitative estimate of drug-likeness (QED) is 0.159. The van der Waals surface area contributed by atoms with Crippen LogP contribution in [0.2, 0.25) is 0 Å². The minimum atomic E-state index is -4.74. The van der Waals surface area contributed by atoms with Crippen molar-refractivity contribution >= 4 is 11.9 Å². The van der Waals surface area contributed by atoms with Crippen LogP contribution < -0.4 is 4.74 Å². The highest BCUT2D eigenvalue weighted by Gasteiger charge is 2.33. The van der Waals surface area contributed by atoms with E-state index in [4.69, 9.17) is 20.1 Å². The molecule has 216 valence electrons. The van der Waals surface area contributed by atoms with Crippen LogP contribution in [0.4, 0.5) is 30.7 Å². The molecule has 2 aromatic rings. The van der Waals surface area contributed by atoms with Crippen LogP contribution in [-0.2, 0) is 12.4 Å². The van der Waals surface area contributed by atoms with Crippen LogP contribution in [0.15, 0.2) is 61.7 Å². The highest BCUT2D eigenvalue weighted by molar-refractivity contribution is 5.88. The number of carboxylic acids is 2. The number of carboxylic acid groups (broad SMARTS) is 2. The molecule has 0 atom stereocenters. The lowest BCUT2D eigenvalue weighted by Crippen LogP contribution is -2.09. The van der Waals surface area contributed by atoms with Crippen molar-refractivity contribution in [1.29, 1.82) is 0 Å². The maximum absolute atomic E-state index is 12.6. The fourth-order valence-corrected chi connectivity index (χ4v) is 2.50. The van der Waals surface area contributed by atoms with E-state index in [0.29, 0.717) is 31.0 Å². The summed E-state index contributed by atoms with van der Waals surface area (Å²) in [5.41, 5.74) is -3.52. The molecular weight excluding hydrogens is 541 g/mol. The molecular formula is C26H27F7O6. The molecule has 0 bridgehead atoms. The van der Waals surface area contributed by atoms with Crippen LogP contribution in [0.5, 0.6) is 5.75 Å². The van der Waals surface area contributed by atoms with E-state index in [1.54, 1.807) is 12.2 Å². The number of aliphatic hydroxyl groups excluding tert-OH is 1. The summed E-state index contributed by atoms with van der Waals surface area (Å²) in [5.74, 6) is -4.36. The number of alkyl halides is 6. The van der Waals surface area contributed by atoms with Gasteiger partial charge in [0.2, 0.25) is 0 Å². The van der Waals surface area contributed by atoms with Crippen molar-refractivity contribution in [1.82, 2.24) is 0 Å². The summed E-state index contributed by atoms with van der Waals surface area (Å²) in [4.78, 5) is 21.1. The fraction of sp³-hybridized carbons (Fsp3) is 0.308. The highest BCUT2D eigenvalue weighted by Crippen LogP contribution is 2.33. The van der Waals surface area contributed by atoms with E-state index in [2.05, 4.69) is 13.2 Å². The van der Waals surface area contributed by atoms with Gasteiger partial charge in [0.25, 0.3) is 0 Å². The molecule has 2 rings (SSSR count). The molecule has 0 fully saturated rings. The van der Waals surface area contributed by atoms with E-state index >= 15 is 0 Å². The number of rotatable bonds is 10. The predicted octanol–water partition coefficient (Wildman–Crippen LogP) is 7.24. The molecule has 13 heteroatoms. The first-order valence-corrected chi connectivity index (χ1v) is 11.1. The van der Waals surface area contributed by atoms with Gasteiger partial charge in [0, 0.05) is 6.61 Å². The standard InChI is InChI=1S/C13H13F3O3.C8H4F4O2.C5H10O/c1-2-3-4-5-19-11-7-9(12(17)18)6-10(8-11)13(14,15)16;9-6-2-4(7(13)14)1-5(3-6)8(10,11)12;1-2-3-4-5-6/h2,6-8H,1,3-5H2,(H,17,18);1-3H,(H,13,14);2,6H,1,3-5H2. The monoisotopic (exact) mass is 568 g/mol. The van der Waals surface area contributed by atoms with Gasteiger partial charge in [-0.15, -0.1) is 13.2 Å². The minimum absolute atomic E-state index is 0.101. The Balaban J connectivity index is 0.000000631. The van der Waals surface area contributed by atoms with Crippen LogP contribution >= 0.6 is 0 Å². The molecule has 0 saturated carbocycles. The molecule has 3 N–H and O–H groups in total. The van der Waals surface area contributed by atoms with Gasteiger partial charge in [-0.25, -0.2) is 14.0 Å². The number of hydrogen-bond acceptors (Lipinski definition) is 4. The molecule has 6 nitrogen and oxygen atoms in total. The van der Waals surface area contributed by atoms with Gasteiger partial charge in [0.1, 0.15) is 11.6 Å². The van der Waals surface area contributed by atoms with Crippen LogP contribution in [0.3, 0.4) is 0 Å². The molecule has 39 heavy (non-hydrogen) atoms. The lowest BCUT2D eigenvalue weighted by atomic mass is 10.1. The third kappa shape index (κ3) is 14.6. The Bertz CT molecular complexity index is 1100. The summed E-state index contributed by atoms with van der Waals surface area (Å²) in [6, 6.07) is 3.60. The average Bonchev–Trinajstić information content (AvgIpc) is 2.84. The summed E-state index contributed by atoms with van der Waals surface area (Å²) in [5, 5.41) is 25.3. The van der Waals surface area contributed by atoms with E-state index in [9.17, 15) is 40.3 Å². The fourth-order valence-electron chi connectivity index (χ4n) is 2.50. The van der Waals surface area contributed by atoms with Crippen LogP contribution in [0.1, 0.15) is 57.5 Å². The van der Waals surface area contributed by atoms with Crippen molar-refractivity contribution in [3.8, 4) is 5.75 Å². The first-order chi connectivity index (χ1) is 18.1. The number of carbonyl (C=O) groups is 2. The largest absolute Gasteiger partial charge is 0.494 e. The topological polar surface area (TPSA) is 104 Å². The zero-order valence-corrected chi connectivity index (χ0v) is 20.5. The number of aromatic carboxylic acids is 2. The molecule has 0 saturated heterocycles. The van der Waals surface area contributed by atoms with E-state index < -0.39 is 52.4 Å². The molecule has 0 aliphatic carbocycles. The molecule has 0 aromatic heterocycles. The van der Waals surface area contributed by atoms with Gasteiger partial charge < -0.3 is 20.1 Å². The number of unbranched alkanes of at least 4 members (excludes halogenated alkanes) is 2. The van der Waals surface area contributed by atoms with E-state index in [-0.39, 0.29) is 25.0 Å². The third-order valence-electron chi connectivity index (χ3n) is 4.34. The Hall–Kier alpha value is -3.87. The van der Waals surface area contributed by atoms with Crippen molar-refractivity contribution in [2.24, 2.45) is 0 Å². The van der Waals surface area contributed by atoms with Crippen LogP contribution in [0, 0.1) is 5.82 Å². The van der Waals surface area contributed by atoms with Gasteiger partial charge in [-0.2, -0.15) is 26.3 Å². The highest BCUT2D eigenvalue weighted by atomic mass is 19.4. The van der Waals surface area contributed by atoms with E-state index in [0.717, 1.165) is 25.0 Å². The number of halogens is 7. The number of benzene rings is 2. The molecule has 0 aliphatic heterocycles. The number of allylic oxidation sites excluding steroid dienone is 2. The lowest BCUT2D eigenvalue weighted by Gasteiger charge is -2.11. The molecule has 2 aromatic carbocycles. The van der Waals surface area contributed by atoms with Crippen molar-refractivity contribution in [3.05, 3.63) is 89.8 Å². The van der Waals surface area contributed by atoms with E-state index in [1.165, 1.54) is 0 Å². The van der Waals surface area contributed by atoms with Gasteiger partial charge in [0.15, 0.2) is 0 Å². The number of aliphatic hydroxyl groups is 1. The predicted molar refractivity (Wildman–Crippen MR) is 128 cm³/mol. The number of hydrogen-bond donors (Lipinski definition) is 3. The second kappa shape index (κ2) is 16.9. The van der Waals surface area contributed by atoms with E-state index in [1.807, 2.05) is 0 Å². The van der Waals surface area contributed by atoms with Crippen LogP contribution in [-0.4, -0.2) is 40.5 Å². The van der Waals surface area contributed by atoms with Gasteiger partial charge in [0.05, 0.1) is 28.9 Å². The normalized spacial score (nSPS) is 10.8. The van der Waals surface area contributed by atoms with Gasteiger partial charge in [-0.05, 0) is 62.1 Å². The summed E-state index contributed by atoms with van der Waals surface area (Å²) in [6.45, 7) is 7.48. The Morgan fingerprint density at radius 2 is 1.23 bits per heavy atom. The van der Waals surface area contributed by atoms with Crippen molar-refractivity contribution in [2.75, 3.05) is 13.2 Å². The summed E-state index contributed by atoms with van der Waals surface area (Å²) in [7, 11) is 0. The van der Waals surface area contributed by atoms with Crippen molar-refractivity contribution in [3.63, 3.8) is 0 Å². The third-order valence-corrected chi connectivity index (χ3v) is 4.34. The smallest absolute Gasteiger partial charge is 0.416 e. The number of ether oxygens (including phenoxy) is 1. The second-order valence-electron chi connectivity index (χ2n) is 7.51. The van der Waals surface area contributed by atoms with Gasteiger partial charge in [-0.1, -0.05) is 12.2 Å². The SMILES string of the molecule is C=CCCCO.C=CCCCOc1cc(C(=O)O)cc(C(F)(F)F)c1.O=C(O)c1cc(F)cc(C(F)(F)F)c1. The average molecular weight is 568 g/mol. The first-order valence-electron chi connectivity index (χ1n) is 11.1. The van der Waals surface area contributed by atoms with Crippen molar-refractivity contribution < 1.29 is 60.4 Å². The zero-order chi connectivity index (χ0) is 30.2.